The lowest BCUT2D eigenvalue weighted by molar-refractivity contribution is -0.487. The van der Waals surface area contributed by atoms with Gasteiger partial charge in [-0.1, -0.05) is 109 Å². The lowest BCUT2D eigenvalue weighted by atomic mass is 10.3. The molecule has 0 fully saturated rings. The molecule has 0 aliphatic heterocycles. The molecule has 0 unspecified atom stereocenters. The van der Waals surface area contributed by atoms with Crippen LogP contribution in [0.3, 0.4) is 0 Å². The summed E-state index contributed by atoms with van der Waals surface area (Å²) >= 11 is 0. The second-order valence-electron chi connectivity index (χ2n) is 15.0. The van der Waals surface area contributed by atoms with Gasteiger partial charge in [0.05, 0.1) is 25.9 Å². The smallest absolute Gasteiger partial charge is 0.341 e. The standard InChI is InChI=1S/2C25H29N4OP.3CH3/c2*1-29(25(26)27)20-24(30)28-18-11-19-31(21-12-5-2-6-13-21,22-14-7-3-8-15-22)23-16-9-4-10-17-23;;;/h2*2-10,12-17H,11,18-20H2,1H3,(H3-,26,27,28,30);3*1H3/q;;3*-1/p+3. The Kier molecular flexibility index (Phi) is 23.4. The first-order valence-electron chi connectivity index (χ1n) is 20.9. The Morgan fingerprint density at radius 2 is 0.769 bits per heavy atom. The van der Waals surface area contributed by atoms with Gasteiger partial charge in [0.15, 0.2) is 5.96 Å². The number of carbonyl (C=O) groups excluding carboxylic acids is 2. The fourth-order valence-electron chi connectivity index (χ4n) is 7.57. The molecule has 65 heavy (non-hydrogen) atoms. The van der Waals surface area contributed by atoms with Crippen LogP contribution in [0.4, 0.5) is 0 Å². The van der Waals surface area contributed by atoms with Crippen molar-refractivity contribution in [3.05, 3.63) is 204 Å². The van der Waals surface area contributed by atoms with Gasteiger partial charge in [0.25, 0.3) is 5.91 Å². The van der Waals surface area contributed by atoms with Crippen molar-refractivity contribution < 1.29 is 14.2 Å². The predicted molar refractivity (Wildman–Crippen MR) is 284 cm³/mol. The summed E-state index contributed by atoms with van der Waals surface area (Å²) in [6.45, 7) is 1.43. The third-order valence-corrected chi connectivity index (χ3v) is 19.8. The predicted octanol–water partition coefficient (Wildman–Crippen LogP) is 5.07. The first-order valence-corrected chi connectivity index (χ1v) is 24.8. The molecule has 6 rings (SSSR count). The Morgan fingerprint density at radius 1 is 0.508 bits per heavy atom. The van der Waals surface area contributed by atoms with E-state index in [9.17, 15) is 9.59 Å². The maximum absolute atomic E-state index is 12.2. The zero-order valence-electron chi connectivity index (χ0n) is 38.8. The molecule has 0 bridgehead atoms. The largest absolute Gasteiger partial charge is 0.370 e. The first kappa shape index (κ1) is 54.8. The molecule has 0 aromatic heterocycles. The van der Waals surface area contributed by atoms with Crippen LogP contribution in [-0.4, -0.2) is 85.8 Å². The van der Waals surface area contributed by atoms with Gasteiger partial charge in [-0.15, -0.1) is 0 Å². The highest BCUT2D eigenvalue weighted by Gasteiger charge is 2.45. The molecule has 344 valence electrons. The molecule has 9 N–H and O–H groups in total. The van der Waals surface area contributed by atoms with Crippen LogP contribution in [0.25, 0.3) is 0 Å². The highest BCUT2D eigenvalue weighted by Crippen LogP contribution is 2.56. The summed E-state index contributed by atoms with van der Waals surface area (Å²) in [5, 5.41) is 21.5. The van der Waals surface area contributed by atoms with Crippen LogP contribution in [0, 0.1) is 27.7 Å². The van der Waals surface area contributed by atoms with Gasteiger partial charge in [-0.3, -0.25) is 31.0 Å². The van der Waals surface area contributed by atoms with Crippen molar-refractivity contribution in [2.24, 2.45) is 17.2 Å². The van der Waals surface area contributed by atoms with E-state index >= 15 is 0 Å². The minimum atomic E-state index is -1.87. The van der Waals surface area contributed by atoms with Gasteiger partial charge in [0.1, 0.15) is 52.9 Å². The summed E-state index contributed by atoms with van der Waals surface area (Å²) in [5.41, 5.74) is 16.5. The molecule has 6 aromatic rings. The van der Waals surface area contributed by atoms with E-state index in [1.807, 2.05) is 0 Å². The van der Waals surface area contributed by atoms with Crippen LogP contribution in [0.1, 0.15) is 12.8 Å². The first-order chi connectivity index (χ1) is 30.1. The van der Waals surface area contributed by atoms with E-state index in [-0.39, 0.29) is 59.1 Å². The number of guanidine groups is 2. The van der Waals surface area contributed by atoms with Gasteiger partial charge >= 0.3 is 5.96 Å². The number of hydrogen-bond acceptors (Lipinski definition) is 3. The second-order valence-corrected chi connectivity index (χ2v) is 22.2. The monoisotopic (exact) mass is 913 g/mol. The number of nitrogens with two attached hydrogens (primary N) is 3. The number of carbonyl (C=O) groups is 2. The maximum atomic E-state index is 12.2. The van der Waals surface area contributed by atoms with Crippen LogP contribution in [0.2, 0.25) is 0 Å². The fourth-order valence-corrected chi connectivity index (χ4v) is 16.3. The molecular weight excluding hydrogens is 843 g/mol. The molecule has 10 nitrogen and oxygen atoms in total. The van der Waals surface area contributed by atoms with Gasteiger partial charge < -0.3 is 43.5 Å². The number of benzene rings is 6. The zero-order valence-corrected chi connectivity index (χ0v) is 40.6. The number of nitrogens with one attached hydrogen (secondary N) is 3. The van der Waals surface area contributed by atoms with E-state index in [1.54, 1.807) is 14.1 Å². The van der Waals surface area contributed by atoms with Crippen LogP contribution in [0.5, 0.6) is 0 Å². The second kappa shape index (κ2) is 27.8. The third kappa shape index (κ3) is 14.9. The maximum Gasteiger partial charge on any atom is 0.341 e. The molecule has 0 radical (unpaired) electrons. The molecule has 12 heteroatoms. The van der Waals surface area contributed by atoms with Gasteiger partial charge in [0.2, 0.25) is 5.91 Å². The molecule has 0 aliphatic carbocycles. The van der Waals surface area contributed by atoms with Crippen molar-refractivity contribution in [3.8, 4) is 0 Å². The third-order valence-electron chi connectivity index (χ3n) is 10.8. The molecule has 0 saturated heterocycles. The lowest BCUT2D eigenvalue weighted by Crippen LogP contribution is -2.41. The van der Waals surface area contributed by atoms with Crippen molar-refractivity contribution in [2.45, 2.75) is 12.8 Å². The van der Waals surface area contributed by atoms with Gasteiger partial charge in [-0.25, -0.2) is 0 Å². The van der Waals surface area contributed by atoms with Crippen molar-refractivity contribution in [2.75, 3.05) is 52.6 Å². The van der Waals surface area contributed by atoms with Crippen LogP contribution in [0.15, 0.2) is 182 Å². The van der Waals surface area contributed by atoms with Gasteiger partial charge in [0, 0.05) is 20.1 Å². The summed E-state index contributed by atoms with van der Waals surface area (Å²) in [5.74, 6) is -0.186. The molecule has 0 atom stereocenters. The Labute approximate surface area is 390 Å². The fraction of sp³-hybridized carbons (Fsp3) is 0.189. The molecule has 0 aliphatic rings. The molecular formula is C53H70N8O2P2. The molecule has 0 spiro atoms. The Bertz CT molecular complexity index is 2120. The number of rotatable bonds is 18. The lowest BCUT2D eigenvalue weighted by Gasteiger charge is -2.27. The van der Waals surface area contributed by atoms with Crippen molar-refractivity contribution in [1.82, 2.24) is 15.5 Å². The summed E-state index contributed by atoms with van der Waals surface area (Å²) in [4.78, 5) is 25.8. The van der Waals surface area contributed by atoms with E-state index in [0.29, 0.717) is 13.1 Å². The zero-order chi connectivity index (χ0) is 44.2. The topological polar surface area (TPSA) is 166 Å². The number of nitrogens with zero attached hydrogens (tertiary/aromatic N) is 2. The van der Waals surface area contributed by atoms with E-state index in [0.717, 1.165) is 25.2 Å². The average molecular weight is 913 g/mol. The minimum absolute atomic E-state index is 0. The quantitative estimate of drug-likeness (QED) is 0.0176. The molecule has 2 amide bonds. The van der Waals surface area contributed by atoms with Gasteiger partial charge in [-0.2, -0.15) is 0 Å². The van der Waals surface area contributed by atoms with Crippen LogP contribution in [-0.2, 0) is 9.59 Å². The highest BCUT2D eigenvalue weighted by atomic mass is 31.2. The van der Waals surface area contributed by atoms with Crippen LogP contribution >= 0.6 is 14.5 Å². The average Bonchev–Trinajstić information content (AvgIpc) is 3.31. The van der Waals surface area contributed by atoms with Gasteiger partial charge in [-0.05, 0) is 85.6 Å². The summed E-state index contributed by atoms with van der Waals surface area (Å²) in [6, 6.07) is 64.5. The van der Waals surface area contributed by atoms with E-state index < -0.39 is 14.5 Å². The molecule has 6 aromatic carbocycles. The van der Waals surface area contributed by atoms with Crippen molar-refractivity contribution in [3.63, 3.8) is 0 Å². The van der Waals surface area contributed by atoms with Crippen LogP contribution < -0.4 is 59.7 Å². The van der Waals surface area contributed by atoms with Crippen molar-refractivity contribution in [1.29, 1.82) is 5.41 Å². The summed E-state index contributed by atoms with van der Waals surface area (Å²) < 4.78 is 1.53. The normalized spacial score (nSPS) is 10.5. The minimum Gasteiger partial charge on any atom is -0.370 e. The van der Waals surface area contributed by atoms with E-state index in [2.05, 4.69) is 193 Å². The van der Waals surface area contributed by atoms with E-state index in [1.165, 1.54) is 41.3 Å². The summed E-state index contributed by atoms with van der Waals surface area (Å²) in [6.07, 6.45) is 3.63. The molecule has 0 saturated carbocycles. The SMILES string of the molecule is CN(CC(=O)NCCC[P+](c1ccccc1)(c1ccccc1)c1ccccc1)C(=N)N.C[N+](CC(=O)NCCC[P+](c1ccccc1)(c1ccccc1)c1ccccc1)=C(N)N.[CH3-].[CH3-].[CH3-]. The Hall–Kier alpha value is -6.34. The number of likely N-dealkylation sites (N-methyl/N-ethyl adjacent to an activating group) is 2. The number of hydrogen-bond donors (Lipinski definition) is 6. The number of amides is 2. The molecule has 0 heterocycles. The van der Waals surface area contributed by atoms with E-state index in [4.69, 9.17) is 22.6 Å². The Morgan fingerprint density at radius 3 is 1.02 bits per heavy atom. The van der Waals surface area contributed by atoms with Crippen molar-refractivity contribution >= 4 is 70.1 Å². The Balaban J connectivity index is 0.000000427. The highest BCUT2D eigenvalue weighted by molar-refractivity contribution is 7.96. The summed E-state index contributed by atoms with van der Waals surface area (Å²) in [7, 11) is -0.397.